The van der Waals surface area contributed by atoms with E-state index in [0.29, 0.717) is 12.5 Å². The standard InChI is InChI=1S/C13H22N2O/c1-9(2)11-5-6-12(14)13(7-11)15-10(3)8-16-4/h5-7,9-10,15H,8,14H2,1-4H3. The van der Waals surface area contributed by atoms with E-state index in [1.165, 1.54) is 5.56 Å². The number of nitrogens with one attached hydrogen (secondary N) is 1. The third-order valence-electron chi connectivity index (χ3n) is 2.56. The Morgan fingerprint density at radius 2 is 2.00 bits per heavy atom. The SMILES string of the molecule is COCC(C)Nc1cc(C(C)C)ccc1N. The fraction of sp³-hybridized carbons (Fsp3) is 0.538. The summed E-state index contributed by atoms with van der Waals surface area (Å²) in [5, 5.41) is 3.36. The first-order valence-corrected chi connectivity index (χ1v) is 5.69. The van der Waals surface area contributed by atoms with Crippen LogP contribution in [0.1, 0.15) is 32.3 Å². The Labute approximate surface area is 98.0 Å². The van der Waals surface area contributed by atoms with E-state index in [1.807, 2.05) is 6.07 Å². The van der Waals surface area contributed by atoms with Gasteiger partial charge < -0.3 is 15.8 Å². The van der Waals surface area contributed by atoms with Gasteiger partial charge in [0.25, 0.3) is 0 Å². The van der Waals surface area contributed by atoms with Crippen LogP contribution in [0.25, 0.3) is 0 Å². The average Bonchev–Trinajstić information content (AvgIpc) is 2.21. The van der Waals surface area contributed by atoms with Gasteiger partial charge in [0.1, 0.15) is 0 Å². The van der Waals surface area contributed by atoms with Crippen LogP contribution in [0.3, 0.4) is 0 Å². The smallest absolute Gasteiger partial charge is 0.0661 e. The molecule has 3 nitrogen and oxygen atoms in total. The van der Waals surface area contributed by atoms with Crippen LogP contribution in [0.5, 0.6) is 0 Å². The maximum atomic E-state index is 5.93. The summed E-state index contributed by atoms with van der Waals surface area (Å²) in [5.41, 5.74) is 9.00. The van der Waals surface area contributed by atoms with Crippen molar-refractivity contribution < 1.29 is 4.74 Å². The number of rotatable bonds is 5. The molecular formula is C13H22N2O. The number of hydrogen-bond acceptors (Lipinski definition) is 3. The number of benzene rings is 1. The van der Waals surface area contributed by atoms with Crippen molar-refractivity contribution >= 4 is 11.4 Å². The molecule has 0 aromatic heterocycles. The van der Waals surface area contributed by atoms with Crippen LogP contribution in [0.2, 0.25) is 0 Å². The molecule has 1 unspecified atom stereocenters. The molecule has 0 aliphatic carbocycles. The Balaban J connectivity index is 2.81. The highest BCUT2D eigenvalue weighted by Crippen LogP contribution is 2.25. The predicted octanol–water partition coefficient (Wildman–Crippen LogP) is 2.84. The van der Waals surface area contributed by atoms with Gasteiger partial charge >= 0.3 is 0 Å². The molecule has 1 rings (SSSR count). The lowest BCUT2D eigenvalue weighted by Crippen LogP contribution is -2.21. The molecule has 1 aromatic carbocycles. The van der Waals surface area contributed by atoms with Crippen molar-refractivity contribution in [1.82, 2.24) is 0 Å². The van der Waals surface area contributed by atoms with Gasteiger partial charge in [0.2, 0.25) is 0 Å². The summed E-state index contributed by atoms with van der Waals surface area (Å²) in [6, 6.07) is 6.41. The van der Waals surface area contributed by atoms with Gasteiger partial charge in [-0.05, 0) is 30.5 Å². The monoisotopic (exact) mass is 222 g/mol. The average molecular weight is 222 g/mol. The van der Waals surface area contributed by atoms with Gasteiger partial charge in [-0.3, -0.25) is 0 Å². The summed E-state index contributed by atoms with van der Waals surface area (Å²) in [5.74, 6) is 0.513. The summed E-state index contributed by atoms with van der Waals surface area (Å²) in [6.07, 6.45) is 0. The van der Waals surface area contributed by atoms with Gasteiger partial charge in [-0.2, -0.15) is 0 Å². The minimum Gasteiger partial charge on any atom is -0.397 e. The Morgan fingerprint density at radius 1 is 1.31 bits per heavy atom. The Morgan fingerprint density at radius 3 is 2.56 bits per heavy atom. The number of methoxy groups -OCH3 is 1. The quantitative estimate of drug-likeness (QED) is 0.753. The zero-order valence-corrected chi connectivity index (χ0v) is 10.6. The minimum atomic E-state index is 0.259. The Hall–Kier alpha value is -1.22. The summed E-state index contributed by atoms with van der Waals surface area (Å²) in [4.78, 5) is 0. The van der Waals surface area contributed by atoms with Gasteiger partial charge in [0.15, 0.2) is 0 Å². The highest BCUT2D eigenvalue weighted by molar-refractivity contribution is 5.67. The third kappa shape index (κ3) is 3.42. The van der Waals surface area contributed by atoms with Crippen LogP contribution in [0.4, 0.5) is 11.4 Å². The topological polar surface area (TPSA) is 47.3 Å². The largest absolute Gasteiger partial charge is 0.397 e. The summed E-state index contributed by atoms with van der Waals surface area (Å²) in [6.45, 7) is 7.10. The maximum Gasteiger partial charge on any atom is 0.0661 e. The van der Waals surface area contributed by atoms with E-state index in [0.717, 1.165) is 11.4 Å². The number of nitrogens with two attached hydrogens (primary N) is 1. The maximum absolute atomic E-state index is 5.93. The summed E-state index contributed by atoms with van der Waals surface area (Å²) in [7, 11) is 1.70. The molecule has 0 aliphatic heterocycles. The fourth-order valence-corrected chi connectivity index (χ4v) is 1.62. The van der Waals surface area contributed by atoms with E-state index in [2.05, 4.69) is 38.2 Å². The molecule has 1 atom stereocenters. The Bertz CT molecular complexity index is 337. The molecule has 3 heteroatoms. The molecule has 3 N–H and O–H groups in total. The second kappa shape index (κ2) is 5.75. The molecule has 0 amide bonds. The molecule has 0 radical (unpaired) electrons. The highest BCUT2D eigenvalue weighted by atomic mass is 16.5. The van der Waals surface area contributed by atoms with Crippen molar-refractivity contribution in [1.29, 1.82) is 0 Å². The number of anilines is 2. The lowest BCUT2D eigenvalue weighted by molar-refractivity contribution is 0.190. The Kier molecular flexibility index (Phi) is 4.62. The van der Waals surface area contributed by atoms with Crippen LogP contribution in [-0.4, -0.2) is 19.8 Å². The molecule has 0 fully saturated rings. The molecule has 1 aromatic rings. The lowest BCUT2D eigenvalue weighted by atomic mass is 10.0. The number of hydrogen-bond donors (Lipinski definition) is 2. The molecule has 0 saturated carbocycles. The van der Waals surface area contributed by atoms with Crippen LogP contribution in [0, 0.1) is 0 Å². The molecule has 0 spiro atoms. The first-order chi connectivity index (χ1) is 7.54. The number of nitrogen functional groups attached to an aromatic ring is 1. The van der Waals surface area contributed by atoms with Crippen LogP contribution in [0.15, 0.2) is 18.2 Å². The van der Waals surface area contributed by atoms with Gasteiger partial charge in [0.05, 0.1) is 18.0 Å². The van der Waals surface area contributed by atoms with Gasteiger partial charge in [-0.25, -0.2) is 0 Å². The van der Waals surface area contributed by atoms with Crippen LogP contribution >= 0.6 is 0 Å². The van der Waals surface area contributed by atoms with E-state index in [4.69, 9.17) is 10.5 Å². The van der Waals surface area contributed by atoms with E-state index < -0.39 is 0 Å². The van der Waals surface area contributed by atoms with Crippen molar-refractivity contribution in [3.05, 3.63) is 23.8 Å². The summed E-state index contributed by atoms with van der Waals surface area (Å²) < 4.78 is 5.09. The lowest BCUT2D eigenvalue weighted by Gasteiger charge is -2.17. The molecule has 0 heterocycles. The first-order valence-electron chi connectivity index (χ1n) is 5.69. The minimum absolute atomic E-state index is 0.259. The van der Waals surface area contributed by atoms with Gasteiger partial charge in [-0.15, -0.1) is 0 Å². The van der Waals surface area contributed by atoms with Gasteiger partial charge in [-0.1, -0.05) is 19.9 Å². The molecule has 16 heavy (non-hydrogen) atoms. The van der Waals surface area contributed by atoms with Gasteiger partial charge in [0, 0.05) is 13.2 Å². The van der Waals surface area contributed by atoms with Crippen LogP contribution < -0.4 is 11.1 Å². The number of ether oxygens (including phenoxy) is 1. The highest BCUT2D eigenvalue weighted by Gasteiger charge is 2.07. The first kappa shape index (κ1) is 12.8. The van der Waals surface area contributed by atoms with Crippen molar-refractivity contribution in [2.75, 3.05) is 24.8 Å². The zero-order chi connectivity index (χ0) is 12.1. The molecular weight excluding hydrogens is 200 g/mol. The second-order valence-electron chi connectivity index (χ2n) is 4.50. The summed E-state index contributed by atoms with van der Waals surface area (Å²) >= 11 is 0. The molecule has 0 aliphatic rings. The zero-order valence-electron chi connectivity index (χ0n) is 10.6. The van der Waals surface area contributed by atoms with Crippen molar-refractivity contribution in [3.8, 4) is 0 Å². The van der Waals surface area contributed by atoms with Crippen molar-refractivity contribution in [2.45, 2.75) is 32.7 Å². The van der Waals surface area contributed by atoms with E-state index in [-0.39, 0.29) is 6.04 Å². The fourth-order valence-electron chi connectivity index (χ4n) is 1.62. The molecule has 90 valence electrons. The third-order valence-corrected chi connectivity index (χ3v) is 2.56. The second-order valence-corrected chi connectivity index (χ2v) is 4.50. The molecule has 0 bridgehead atoms. The normalized spacial score (nSPS) is 12.8. The van der Waals surface area contributed by atoms with E-state index in [1.54, 1.807) is 7.11 Å². The van der Waals surface area contributed by atoms with Crippen molar-refractivity contribution in [3.63, 3.8) is 0 Å². The van der Waals surface area contributed by atoms with Crippen molar-refractivity contribution in [2.24, 2.45) is 0 Å². The van der Waals surface area contributed by atoms with E-state index in [9.17, 15) is 0 Å². The van der Waals surface area contributed by atoms with E-state index >= 15 is 0 Å². The van der Waals surface area contributed by atoms with Crippen LogP contribution in [-0.2, 0) is 4.74 Å². The molecule has 0 saturated heterocycles. The predicted molar refractivity (Wildman–Crippen MR) is 69.9 cm³/mol.